The van der Waals surface area contributed by atoms with Crippen molar-refractivity contribution in [2.24, 2.45) is 5.92 Å². The third-order valence-corrected chi connectivity index (χ3v) is 3.82. The van der Waals surface area contributed by atoms with Crippen molar-refractivity contribution >= 4 is 22.2 Å². The summed E-state index contributed by atoms with van der Waals surface area (Å²) in [5.74, 6) is -3.16. The van der Waals surface area contributed by atoms with Crippen molar-refractivity contribution in [2.75, 3.05) is 28.4 Å². The highest BCUT2D eigenvalue weighted by atomic mass is 28.1. The van der Waals surface area contributed by atoms with Crippen molar-refractivity contribution in [3.8, 4) is 0 Å². The Hall–Kier alpha value is -1.00. The summed E-state index contributed by atoms with van der Waals surface area (Å²) < 4.78 is 20.3. The minimum absolute atomic E-state index is 0.0711. The van der Waals surface area contributed by atoms with Crippen molar-refractivity contribution in [3.05, 3.63) is 0 Å². The molecule has 0 bridgehead atoms. The van der Waals surface area contributed by atoms with Crippen LogP contribution in [0.3, 0.4) is 0 Å². The van der Waals surface area contributed by atoms with Crippen LogP contribution in [0.4, 0.5) is 0 Å². The highest BCUT2D eigenvalue weighted by molar-refractivity contribution is 6.08. The second kappa shape index (κ2) is 9.85. The first kappa shape index (κ1) is 20.0. The Morgan fingerprint density at radius 2 is 1.76 bits per heavy atom. The molecule has 0 aliphatic rings. The van der Waals surface area contributed by atoms with Crippen molar-refractivity contribution in [1.82, 2.24) is 5.48 Å². The highest BCUT2D eigenvalue weighted by Gasteiger charge is 2.41. The molecule has 0 aromatic carbocycles. The van der Waals surface area contributed by atoms with Crippen LogP contribution in [-0.4, -0.2) is 62.6 Å². The maximum Gasteiger partial charge on any atom is 0.328 e. The smallest absolute Gasteiger partial charge is 0.328 e. The van der Waals surface area contributed by atoms with E-state index in [4.69, 9.17) is 19.0 Å². The molecular formula is C12H25NO7Si. The van der Waals surface area contributed by atoms with Crippen LogP contribution in [0.5, 0.6) is 0 Å². The molecule has 0 amide bonds. The lowest BCUT2D eigenvalue weighted by Gasteiger charge is -2.36. The number of hydrogen-bond donors (Lipinski definition) is 1. The van der Waals surface area contributed by atoms with Crippen molar-refractivity contribution < 1.29 is 33.4 Å². The van der Waals surface area contributed by atoms with Gasteiger partial charge < -0.3 is 23.8 Å². The predicted molar refractivity (Wildman–Crippen MR) is 77.3 cm³/mol. The summed E-state index contributed by atoms with van der Waals surface area (Å²) in [5.41, 5.74) is 2.46. The Morgan fingerprint density at radius 3 is 2.14 bits per heavy atom. The van der Waals surface area contributed by atoms with Crippen LogP contribution in [0, 0.1) is 5.92 Å². The van der Waals surface area contributed by atoms with E-state index in [2.05, 4.69) is 10.2 Å². The van der Waals surface area contributed by atoms with E-state index in [1.807, 2.05) is 0 Å². The number of carbonyl (C=O) groups excluding carboxylic acids is 2. The van der Waals surface area contributed by atoms with Gasteiger partial charge in [-0.3, -0.25) is 9.59 Å². The van der Waals surface area contributed by atoms with E-state index in [-0.39, 0.29) is 6.42 Å². The molecule has 9 heteroatoms. The van der Waals surface area contributed by atoms with Gasteiger partial charge in [0.15, 0.2) is 0 Å². The van der Waals surface area contributed by atoms with Crippen LogP contribution in [0.1, 0.15) is 13.3 Å². The van der Waals surface area contributed by atoms with Gasteiger partial charge in [-0.2, -0.15) is 0 Å². The molecule has 0 saturated heterocycles. The zero-order chi connectivity index (χ0) is 16.5. The second-order valence-electron chi connectivity index (χ2n) is 4.41. The van der Waals surface area contributed by atoms with Gasteiger partial charge in [-0.05, 0) is 6.04 Å². The standard InChI is InChI=1S/C12H25NO7Si/c1-8(6-10(14)17-3)11(15)20-13-12(18-4,19-5)9(7-21)16-2/h8-9,13H,6-7H2,1-5,21H3. The Balaban J connectivity index is 4.68. The number of nitrogens with one attached hydrogen (secondary N) is 1. The molecule has 0 spiro atoms. The van der Waals surface area contributed by atoms with Crippen LogP contribution >= 0.6 is 0 Å². The highest BCUT2D eigenvalue weighted by Crippen LogP contribution is 2.19. The molecule has 0 aliphatic heterocycles. The van der Waals surface area contributed by atoms with Gasteiger partial charge in [0.1, 0.15) is 6.10 Å². The average Bonchev–Trinajstić information content (AvgIpc) is 2.51. The first-order valence-electron chi connectivity index (χ1n) is 6.58. The van der Waals surface area contributed by atoms with Gasteiger partial charge >= 0.3 is 11.9 Å². The fourth-order valence-electron chi connectivity index (χ4n) is 1.72. The summed E-state index contributed by atoms with van der Waals surface area (Å²) in [4.78, 5) is 27.9. The fourth-order valence-corrected chi connectivity index (χ4v) is 2.60. The monoisotopic (exact) mass is 323 g/mol. The van der Waals surface area contributed by atoms with E-state index >= 15 is 0 Å². The lowest BCUT2D eigenvalue weighted by molar-refractivity contribution is -0.318. The Morgan fingerprint density at radius 1 is 1.19 bits per heavy atom. The Labute approximate surface area is 127 Å². The number of hydrogen-bond acceptors (Lipinski definition) is 8. The molecule has 8 nitrogen and oxygen atoms in total. The van der Waals surface area contributed by atoms with E-state index in [1.165, 1.54) is 28.4 Å². The topological polar surface area (TPSA) is 92.3 Å². The number of hydroxylamine groups is 1. The maximum absolute atomic E-state index is 11.8. The lowest BCUT2D eigenvalue weighted by Crippen LogP contribution is -2.58. The summed E-state index contributed by atoms with van der Waals surface area (Å²) in [6, 6.07) is 0.695. The zero-order valence-electron chi connectivity index (χ0n) is 13.4. The molecule has 0 heterocycles. The number of esters is 1. The summed E-state index contributed by atoms with van der Waals surface area (Å²) in [7, 11) is 6.43. The molecule has 0 fully saturated rings. The molecular weight excluding hydrogens is 298 g/mol. The fraction of sp³-hybridized carbons (Fsp3) is 0.833. The number of carbonyl (C=O) groups is 2. The van der Waals surface area contributed by atoms with Crippen molar-refractivity contribution in [2.45, 2.75) is 31.4 Å². The average molecular weight is 323 g/mol. The van der Waals surface area contributed by atoms with E-state index < -0.39 is 29.9 Å². The van der Waals surface area contributed by atoms with Gasteiger partial charge in [0.25, 0.3) is 5.91 Å². The third-order valence-electron chi connectivity index (χ3n) is 3.08. The van der Waals surface area contributed by atoms with Gasteiger partial charge in [0.2, 0.25) is 0 Å². The van der Waals surface area contributed by atoms with Crippen LogP contribution in [0.15, 0.2) is 0 Å². The molecule has 1 N–H and O–H groups in total. The SMILES string of the molecule is COC(=O)CC(C)C(=O)ONC(OC)(OC)C(C[SiH3])OC. The third kappa shape index (κ3) is 5.71. The molecule has 2 unspecified atom stereocenters. The summed E-state index contributed by atoms with van der Waals surface area (Å²) in [6.07, 6.45) is -0.513. The summed E-state index contributed by atoms with van der Waals surface area (Å²) in [5, 5.41) is 0. The maximum atomic E-state index is 11.8. The van der Waals surface area contributed by atoms with E-state index in [0.29, 0.717) is 6.04 Å². The van der Waals surface area contributed by atoms with E-state index in [1.54, 1.807) is 6.92 Å². The molecule has 0 aromatic rings. The van der Waals surface area contributed by atoms with Gasteiger partial charge in [-0.25, -0.2) is 0 Å². The van der Waals surface area contributed by atoms with Crippen LogP contribution < -0.4 is 5.48 Å². The number of methoxy groups -OCH3 is 4. The van der Waals surface area contributed by atoms with Crippen LogP contribution in [0.25, 0.3) is 0 Å². The largest absolute Gasteiger partial charge is 0.469 e. The first-order chi connectivity index (χ1) is 9.90. The van der Waals surface area contributed by atoms with E-state index in [0.717, 1.165) is 10.2 Å². The van der Waals surface area contributed by atoms with Gasteiger partial charge in [0.05, 0.1) is 19.4 Å². The van der Waals surface area contributed by atoms with Crippen LogP contribution in [0.2, 0.25) is 6.04 Å². The minimum Gasteiger partial charge on any atom is -0.469 e. The molecule has 124 valence electrons. The summed E-state index contributed by atoms with van der Waals surface area (Å²) in [6.45, 7) is 1.56. The molecule has 2 atom stereocenters. The second-order valence-corrected chi connectivity index (χ2v) is 5.23. The molecule has 0 radical (unpaired) electrons. The number of rotatable bonds is 10. The van der Waals surface area contributed by atoms with Gasteiger partial charge in [-0.15, -0.1) is 0 Å². The molecule has 0 saturated carbocycles. The normalized spacial score (nSPS) is 14.5. The lowest BCUT2D eigenvalue weighted by atomic mass is 10.1. The molecule has 0 rings (SSSR count). The van der Waals surface area contributed by atoms with Crippen molar-refractivity contribution in [3.63, 3.8) is 0 Å². The molecule has 0 aromatic heterocycles. The Bertz CT molecular complexity index is 332. The van der Waals surface area contributed by atoms with E-state index in [9.17, 15) is 9.59 Å². The Kier molecular flexibility index (Phi) is 9.38. The first-order valence-corrected chi connectivity index (χ1v) is 7.99. The predicted octanol–water partition coefficient (Wildman–Crippen LogP) is -1.02. The minimum atomic E-state index is -1.39. The molecule has 21 heavy (non-hydrogen) atoms. The number of ether oxygens (including phenoxy) is 4. The van der Waals surface area contributed by atoms with Crippen LogP contribution in [-0.2, 0) is 33.4 Å². The van der Waals surface area contributed by atoms with Gasteiger partial charge in [0, 0.05) is 31.6 Å². The zero-order valence-corrected chi connectivity index (χ0v) is 15.4. The summed E-state index contributed by atoms with van der Waals surface area (Å²) >= 11 is 0. The van der Waals surface area contributed by atoms with Crippen molar-refractivity contribution in [1.29, 1.82) is 0 Å². The molecule has 0 aliphatic carbocycles. The van der Waals surface area contributed by atoms with Gasteiger partial charge in [-0.1, -0.05) is 12.4 Å². The quantitative estimate of drug-likeness (QED) is 0.236.